The summed E-state index contributed by atoms with van der Waals surface area (Å²) in [5.74, 6) is 0.518. The minimum atomic E-state index is -0.686. The van der Waals surface area contributed by atoms with Crippen molar-refractivity contribution in [1.82, 2.24) is 4.98 Å². The van der Waals surface area contributed by atoms with Crippen LogP contribution in [-0.4, -0.2) is 81.2 Å². The summed E-state index contributed by atoms with van der Waals surface area (Å²) in [6, 6.07) is 16.4. The van der Waals surface area contributed by atoms with Crippen LogP contribution in [0.3, 0.4) is 0 Å². The van der Waals surface area contributed by atoms with Crippen LogP contribution in [0.2, 0.25) is 0 Å². The van der Waals surface area contributed by atoms with Crippen molar-refractivity contribution in [2.24, 2.45) is 0 Å². The fraction of sp³-hybridized carbons (Fsp3) is 0.412. The Labute approximate surface area is 269 Å². The van der Waals surface area contributed by atoms with Crippen molar-refractivity contribution in [2.45, 2.75) is 39.7 Å². The molecule has 0 spiro atoms. The first-order chi connectivity index (χ1) is 22.1. The molecule has 0 saturated heterocycles. The quantitative estimate of drug-likeness (QED) is 0.141. The number of nitrogens with zero attached hydrogens (tertiary/aromatic N) is 1. The molecule has 12 heteroatoms. The van der Waals surface area contributed by atoms with E-state index in [1.165, 1.54) is 6.92 Å². The van der Waals surface area contributed by atoms with Crippen LogP contribution in [0.4, 0.5) is 17.2 Å². The van der Waals surface area contributed by atoms with Crippen molar-refractivity contribution in [3.8, 4) is 16.9 Å². The number of esters is 1. The highest BCUT2D eigenvalue weighted by molar-refractivity contribution is 6.01. The molecule has 4 rings (SSSR count). The van der Waals surface area contributed by atoms with Crippen LogP contribution in [0.15, 0.2) is 54.6 Å². The molecule has 2 amide bonds. The zero-order chi connectivity index (χ0) is 32.9. The van der Waals surface area contributed by atoms with Crippen LogP contribution in [0, 0.1) is 0 Å². The number of ether oxygens (including phenoxy) is 5. The van der Waals surface area contributed by atoms with E-state index < -0.39 is 11.6 Å². The van der Waals surface area contributed by atoms with Gasteiger partial charge in [0.15, 0.2) is 5.69 Å². The third kappa shape index (κ3) is 11.1. The second-order valence-corrected chi connectivity index (χ2v) is 11.5. The summed E-state index contributed by atoms with van der Waals surface area (Å²) in [5, 5.41) is 8.73. The second kappa shape index (κ2) is 16.7. The minimum Gasteiger partial charge on any atom is -0.491 e. The number of hydrogen-bond donors (Lipinski definition) is 3. The first-order valence-corrected chi connectivity index (χ1v) is 15.2. The lowest BCUT2D eigenvalue weighted by Gasteiger charge is -2.20. The largest absolute Gasteiger partial charge is 0.491 e. The molecular weight excluding hydrogens is 592 g/mol. The molecule has 0 unspecified atom stereocenters. The lowest BCUT2D eigenvalue weighted by Crippen LogP contribution is -2.25. The number of pyridine rings is 1. The molecule has 3 N–H and O–H groups in total. The maximum absolute atomic E-state index is 13.1. The molecule has 0 fully saturated rings. The number of nitrogens with one attached hydrogen (secondary N) is 3. The van der Waals surface area contributed by atoms with Crippen molar-refractivity contribution in [1.29, 1.82) is 0 Å². The van der Waals surface area contributed by atoms with E-state index in [0.717, 1.165) is 22.5 Å². The normalized spacial score (nSPS) is 12.3. The van der Waals surface area contributed by atoms with Crippen LogP contribution in [0.1, 0.15) is 43.7 Å². The average Bonchev–Trinajstić information content (AvgIpc) is 3.38. The van der Waals surface area contributed by atoms with Gasteiger partial charge < -0.3 is 39.6 Å². The van der Waals surface area contributed by atoms with E-state index in [4.69, 9.17) is 23.7 Å². The highest BCUT2D eigenvalue weighted by atomic mass is 16.6. The van der Waals surface area contributed by atoms with Gasteiger partial charge in [-0.3, -0.25) is 9.59 Å². The molecule has 0 atom stereocenters. The van der Waals surface area contributed by atoms with Gasteiger partial charge >= 0.3 is 5.97 Å². The highest BCUT2D eigenvalue weighted by Gasteiger charge is 2.24. The molecule has 46 heavy (non-hydrogen) atoms. The maximum Gasteiger partial charge on any atom is 0.358 e. The fourth-order valence-corrected chi connectivity index (χ4v) is 4.52. The number of hydrogen-bond acceptors (Lipinski definition) is 10. The SMILES string of the molecule is CC(=O)Nc1ccc(OCCOCCOCCOCCNc2ccc(-c3ccc4c(c3)CC(=O)N4)c(C(=O)OC(C)(C)C)n2)cc1. The molecule has 0 radical (unpaired) electrons. The van der Waals surface area contributed by atoms with Crippen molar-refractivity contribution in [3.05, 3.63) is 65.9 Å². The number of benzene rings is 2. The number of rotatable bonds is 17. The van der Waals surface area contributed by atoms with Gasteiger partial charge in [0.25, 0.3) is 0 Å². The zero-order valence-corrected chi connectivity index (χ0v) is 26.8. The van der Waals surface area contributed by atoms with Crippen LogP contribution in [-0.2, 0) is 35.0 Å². The van der Waals surface area contributed by atoms with Gasteiger partial charge in [0, 0.05) is 30.4 Å². The Bertz CT molecular complexity index is 1490. The topological polar surface area (TPSA) is 146 Å². The Morgan fingerprint density at radius 1 is 0.870 bits per heavy atom. The van der Waals surface area contributed by atoms with E-state index in [2.05, 4.69) is 20.9 Å². The van der Waals surface area contributed by atoms with Gasteiger partial charge in [0.2, 0.25) is 11.8 Å². The van der Waals surface area contributed by atoms with E-state index in [1.807, 2.05) is 45.0 Å². The third-order valence-electron chi connectivity index (χ3n) is 6.50. The van der Waals surface area contributed by atoms with Crippen molar-refractivity contribution in [3.63, 3.8) is 0 Å². The lowest BCUT2D eigenvalue weighted by atomic mass is 10.00. The standard InChI is InChI=1S/C34H42N4O8/c1-23(39)36-26-6-8-27(9-7-26)45-20-19-44-18-17-43-16-15-42-14-13-35-30-12-10-28(32(38-30)33(41)46-34(2,3)4)24-5-11-29-25(21-24)22-31(40)37-29/h5-12,21H,13-20,22H2,1-4H3,(H,35,38)(H,36,39)(H,37,40). The van der Waals surface area contributed by atoms with Gasteiger partial charge in [-0.25, -0.2) is 9.78 Å². The number of carbonyl (C=O) groups is 3. The molecule has 246 valence electrons. The second-order valence-electron chi connectivity index (χ2n) is 11.5. The molecule has 12 nitrogen and oxygen atoms in total. The molecular formula is C34H42N4O8. The molecule has 0 saturated carbocycles. The summed E-state index contributed by atoms with van der Waals surface area (Å²) < 4.78 is 28.0. The molecule has 1 aromatic heterocycles. The van der Waals surface area contributed by atoms with E-state index in [0.29, 0.717) is 76.3 Å². The van der Waals surface area contributed by atoms with Gasteiger partial charge in [-0.2, -0.15) is 0 Å². The average molecular weight is 635 g/mol. The van der Waals surface area contributed by atoms with Crippen LogP contribution < -0.4 is 20.7 Å². The van der Waals surface area contributed by atoms with Gasteiger partial charge in [-0.1, -0.05) is 6.07 Å². The number of aromatic nitrogens is 1. The molecule has 3 aromatic rings. The summed E-state index contributed by atoms with van der Waals surface area (Å²) in [5.41, 5.74) is 3.29. The molecule has 0 bridgehead atoms. The van der Waals surface area contributed by atoms with Gasteiger partial charge in [0.05, 0.1) is 46.1 Å². The van der Waals surface area contributed by atoms with Crippen molar-refractivity contribution in [2.75, 3.05) is 68.7 Å². The van der Waals surface area contributed by atoms with Gasteiger partial charge in [-0.05, 0) is 80.4 Å². The molecule has 2 aromatic carbocycles. The summed E-state index contributed by atoms with van der Waals surface area (Å²) in [7, 11) is 0. The van der Waals surface area contributed by atoms with Crippen molar-refractivity contribution < 1.29 is 38.1 Å². The Kier molecular flexibility index (Phi) is 12.5. The minimum absolute atomic E-state index is 0.0531. The lowest BCUT2D eigenvalue weighted by molar-refractivity contribution is -0.115. The molecule has 2 heterocycles. The van der Waals surface area contributed by atoms with Crippen LogP contribution in [0.25, 0.3) is 11.1 Å². The number of fused-ring (bicyclic) bond motifs is 1. The van der Waals surface area contributed by atoms with E-state index in [-0.39, 0.29) is 17.5 Å². The number of carbonyl (C=O) groups excluding carboxylic acids is 3. The molecule has 0 aliphatic carbocycles. The third-order valence-corrected chi connectivity index (χ3v) is 6.50. The fourth-order valence-electron chi connectivity index (χ4n) is 4.52. The highest BCUT2D eigenvalue weighted by Crippen LogP contribution is 2.32. The maximum atomic E-state index is 13.1. The summed E-state index contributed by atoms with van der Waals surface area (Å²) in [6.07, 6.45) is 0.298. The predicted molar refractivity (Wildman–Crippen MR) is 174 cm³/mol. The Morgan fingerprint density at radius 3 is 2.22 bits per heavy atom. The Morgan fingerprint density at radius 2 is 1.54 bits per heavy atom. The molecule has 1 aliphatic rings. The van der Waals surface area contributed by atoms with Gasteiger partial charge in [-0.15, -0.1) is 0 Å². The molecule has 1 aliphatic heterocycles. The first kappa shape index (κ1) is 34.4. The predicted octanol–water partition coefficient (Wildman–Crippen LogP) is 4.70. The van der Waals surface area contributed by atoms with Gasteiger partial charge in [0.1, 0.15) is 23.8 Å². The van der Waals surface area contributed by atoms with Crippen LogP contribution in [0.5, 0.6) is 5.75 Å². The smallest absolute Gasteiger partial charge is 0.358 e. The number of amides is 2. The summed E-state index contributed by atoms with van der Waals surface area (Å²) >= 11 is 0. The summed E-state index contributed by atoms with van der Waals surface area (Å²) in [4.78, 5) is 40.6. The number of anilines is 3. The van der Waals surface area contributed by atoms with E-state index in [9.17, 15) is 14.4 Å². The van der Waals surface area contributed by atoms with E-state index in [1.54, 1.807) is 30.3 Å². The Hall–Kier alpha value is -4.52. The summed E-state index contributed by atoms with van der Waals surface area (Å²) in [6.45, 7) is 10.3. The zero-order valence-electron chi connectivity index (χ0n) is 26.8. The first-order valence-electron chi connectivity index (χ1n) is 15.2. The van der Waals surface area contributed by atoms with E-state index >= 15 is 0 Å². The Balaban J connectivity index is 1.12. The van der Waals surface area contributed by atoms with Crippen molar-refractivity contribution >= 4 is 35.0 Å². The monoisotopic (exact) mass is 634 g/mol. The van der Waals surface area contributed by atoms with Crippen LogP contribution >= 0.6 is 0 Å².